The maximum Gasteiger partial charge on any atom is 0.0727 e. The second kappa shape index (κ2) is 5.53. The van der Waals surface area contributed by atoms with Gasteiger partial charge < -0.3 is 16.2 Å². The first-order valence-electron chi connectivity index (χ1n) is 7.68. The van der Waals surface area contributed by atoms with E-state index in [4.69, 9.17) is 5.73 Å². The number of aromatic nitrogens is 1. The molecule has 0 saturated heterocycles. The van der Waals surface area contributed by atoms with Crippen LogP contribution in [0.4, 0.5) is 11.4 Å². The number of benzene rings is 1. The predicted molar refractivity (Wildman–Crippen MR) is 87.4 cm³/mol. The first-order chi connectivity index (χ1) is 10.1. The average molecular weight is 285 g/mol. The molecule has 2 aromatic rings. The number of aliphatic hydroxyl groups excluding tert-OH is 1. The molecular formula is C17H23N3O. The Bertz CT molecular complexity index is 648. The Morgan fingerprint density at radius 2 is 2.00 bits per heavy atom. The van der Waals surface area contributed by atoms with Gasteiger partial charge >= 0.3 is 0 Å². The molecule has 1 saturated carbocycles. The largest absolute Gasteiger partial charge is 0.399 e. The van der Waals surface area contributed by atoms with Gasteiger partial charge in [-0.1, -0.05) is 19.3 Å². The number of hydrogen-bond acceptors (Lipinski definition) is 4. The van der Waals surface area contributed by atoms with Crippen molar-refractivity contribution in [3.8, 4) is 0 Å². The molecule has 0 spiro atoms. The average Bonchev–Trinajstić information content (AvgIpc) is 2.49. The van der Waals surface area contributed by atoms with E-state index in [0.717, 1.165) is 53.7 Å². The van der Waals surface area contributed by atoms with Gasteiger partial charge in [0.1, 0.15) is 0 Å². The lowest BCUT2D eigenvalue weighted by atomic mass is 9.82. The van der Waals surface area contributed by atoms with Gasteiger partial charge in [0, 0.05) is 22.5 Å². The molecule has 1 heterocycles. The van der Waals surface area contributed by atoms with E-state index < -0.39 is 0 Å². The second-order valence-corrected chi connectivity index (χ2v) is 6.21. The van der Waals surface area contributed by atoms with E-state index in [0.29, 0.717) is 0 Å². The van der Waals surface area contributed by atoms with Gasteiger partial charge in [-0.25, -0.2) is 0 Å². The van der Waals surface area contributed by atoms with Crippen molar-refractivity contribution in [2.45, 2.75) is 44.6 Å². The van der Waals surface area contributed by atoms with Crippen molar-refractivity contribution in [2.75, 3.05) is 17.7 Å². The summed E-state index contributed by atoms with van der Waals surface area (Å²) in [5.41, 5.74) is 9.39. The van der Waals surface area contributed by atoms with E-state index in [1.165, 1.54) is 6.42 Å². The number of fused-ring (bicyclic) bond motifs is 1. The Hall–Kier alpha value is -1.81. The monoisotopic (exact) mass is 285 g/mol. The van der Waals surface area contributed by atoms with Crippen LogP contribution in [0.5, 0.6) is 0 Å². The maximum atomic E-state index is 9.90. The number of nitrogen functional groups attached to an aromatic ring is 1. The molecule has 0 unspecified atom stereocenters. The molecule has 1 aromatic heterocycles. The molecule has 0 radical (unpaired) electrons. The van der Waals surface area contributed by atoms with Crippen molar-refractivity contribution >= 4 is 22.3 Å². The van der Waals surface area contributed by atoms with Crippen LogP contribution in [-0.2, 0) is 0 Å². The first-order valence-corrected chi connectivity index (χ1v) is 7.68. The number of pyridine rings is 1. The van der Waals surface area contributed by atoms with E-state index in [1.807, 2.05) is 31.2 Å². The van der Waals surface area contributed by atoms with Crippen LogP contribution in [0.25, 0.3) is 10.9 Å². The Morgan fingerprint density at radius 3 is 2.71 bits per heavy atom. The fourth-order valence-corrected chi connectivity index (χ4v) is 3.32. The van der Waals surface area contributed by atoms with Crippen molar-refractivity contribution in [1.82, 2.24) is 4.98 Å². The molecule has 1 aliphatic carbocycles. The predicted octanol–water partition coefficient (Wildman–Crippen LogP) is 3.23. The summed E-state index contributed by atoms with van der Waals surface area (Å²) in [6.07, 6.45) is 5.60. The van der Waals surface area contributed by atoms with Crippen LogP contribution in [0.1, 0.15) is 37.8 Å². The molecule has 0 aliphatic heterocycles. The SMILES string of the molecule is Cc1cc(NC2(CO)CCCCC2)c2cc(N)ccc2n1. The molecule has 3 rings (SSSR count). The van der Waals surface area contributed by atoms with Crippen molar-refractivity contribution in [2.24, 2.45) is 0 Å². The molecule has 1 fully saturated rings. The summed E-state index contributed by atoms with van der Waals surface area (Å²) >= 11 is 0. The Kier molecular flexibility index (Phi) is 3.72. The van der Waals surface area contributed by atoms with E-state index in [1.54, 1.807) is 0 Å². The summed E-state index contributed by atoms with van der Waals surface area (Å²) in [5.74, 6) is 0. The molecule has 1 aliphatic rings. The third kappa shape index (κ3) is 2.81. The van der Waals surface area contributed by atoms with Crippen LogP contribution in [0, 0.1) is 6.92 Å². The van der Waals surface area contributed by atoms with Crippen LogP contribution in [0.3, 0.4) is 0 Å². The summed E-state index contributed by atoms with van der Waals surface area (Å²) < 4.78 is 0. The first kappa shape index (κ1) is 14.1. The third-order valence-electron chi connectivity index (χ3n) is 4.47. The summed E-state index contributed by atoms with van der Waals surface area (Å²) in [4.78, 5) is 4.56. The Balaban J connectivity index is 2.04. The topological polar surface area (TPSA) is 71.2 Å². The van der Waals surface area contributed by atoms with Gasteiger partial charge in [0.2, 0.25) is 0 Å². The van der Waals surface area contributed by atoms with Gasteiger partial charge in [0.05, 0.1) is 17.7 Å². The van der Waals surface area contributed by atoms with E-state index >= 15 is 0 Å². The Morgan fingerprint density at radius 1 is 1.24 bits per heavy atom. The minimum Gasteiger partial charge on any atom is -0.399 e. The summed E-state index contributed by atoms with van der Waals surface area (Å²) in [5, 5.41) is 14.5. The summed E-state index contributed by atoms with van der Waals surface area (Å²) in [6.45, 7) is 2.16. The zero-order chi connectivity index (χ0) is 14.9. The van der Waals surface area contributed by atoms with E-state index in [2.05, 4.69) is 10.3 Å². The van der Waals surface area contributed by atoms with Crippen LogP contribution in [0.15, 0.2) is 24.3 Å². The van der Waals surface area contributed by atoms with Gasteiger partial charge in [-0.2, -0.15) is 0 Å². The molecule has 0 atom stereocenters. The van der Waals surface area contributed by atoms with Crippen LogP contribution in [0.2, 0.25) is 0 Å². The fourth-order valence-electron chi connectivity index (χ4n) is 3.32. The normalized spacial score (nSPS) is 17.8. The molecule has 21 heavy (non-hydrogen) atoms. The zero-order valence-electron chi connectivity index (χ0n) is 12.5. The molecule has 0 amide bonds. The molecule has 112 valence electrons. The number of aryl methyl sites for hydroxylation is 1. The molecular weight excluding hydrogens is 262 g/mol. The van der Waals surface area contributed by atoms with Gasteiger partial charge in [0.15, 0.2) is 0 Å². The molecule has 1 aromatic carbocycles. The number of hydrogen-bond donors (Lipinski definition) is 3. The van der Waals surface area contributed by atoms with Gasteiger partial charge in [-0.3, -0.25) is 4.98 Å². The summed E-state index contributed by atoms with van der Waals surface area (Å²) in [6, 6.07) is 7.84. The third-order valence-corrected chi connectivity index (χ3v) is 4.47. The number of nitrogens with one attached hydrogen (secondary N) is 1. The minimum absolute atomic E-state index is 0.165. The lowest BCUT2D eigenvalue weighted by Gasteiger charge is -2.37. The van der Waals surface area contributed by atoms with Gasteiger partial charge in [-0.15, -0.1) is 0 Å². The lowest BCUT2D eigenvalue weighted by molar-refractivity contribution is 0.173. The smallest absolute Gasteiger partial charge is 0.0727 e. The number of rotatable bonds is 3. The van der Waals surface area contributed by atoms with Crippen molar-refractivity contribution < 1.29 is 5.11 Å². The van der Waals surface area contributed by atoms with Gasteiger partial charge in [0.25, 0.3) is 0 Å². The highest BCUT2D eigenvalue weighted by Gasteiger charge is 2.31. The highest BCUT2D eigenvalue weighted by atomic mass is 16.3. The quantitative estimate of drug-likeness (QED) is 0.757. The van der Waals surface area contributed by atoms with Crippen molar-refractivity contribution in [1.29, 1.82) is 0 Å². The Labute approximate surface area is 125 Å². The highest BCUT2D eigenvalue weighted by Crippen LogP contribution is 2.34. The molecule has 0 bridgehead atoms. The number of aliphatic hydroxyl groups is 1. The van der Waals surface area contributed by atoms with Crippen LogP contribution in [-0.4, -0.2) is 22.2 Å². The van der Waals surface area contributed by atoms with E-state index in [-0.39, 0.29) is 12.1 Å². The van der Waals surface area contributed by atoms with Crippen molar-refractivity contribution in [3.63, 3.8) is 0 Å². The minimum atomic E-state index is -0.205. The van der Waals surface area contributed by atoms with E-state index in [9.17, 15) is 5.11 Å². The molecule has 4 N–H and O–H groups in total. The maximum absolute atomic E-state index is 9.90. The number of nitrogens with two attached hydrogens (primary N) is 1. The van der Waals surface area contributed by atoms with Crippen molar-refractivity contribution in [3.05, 3.63) is 30.0 Å². The second-order valence-electron chi connectivity index (χ2n) is 6.21. The fraction of sp³-hybridized carbons (Fsp3) is 0.471. The highest BCUT2D eigenvalue weighted by molar-refractivity contribution is 5.93. The van der Waals surface area contributed by atoms with Gasteiger partial charge in [-0.05, 0) is 44.0 Å². The zero-order valence-corrected chi connectivity index (χ0v) is 12.5. The molecule has 4 heteroatoms. The van der Waals surface area contributed by atoms with Crippen LogP contribution >= 0.6 is 0 Å². The lowest BCUT2D eigenvalue weighted by Crippen LogP contribution is -2.43. The van der Waals surface area contributed by atoms with Crippen LogP contribution < -0.4 is 11.1 Å². The summed E-state index contributed by atoms with van der Waals surface area (Å²) in [7, 11) is 0. The number of anilines is 2. The number of nitrogens with zero attached hydrogens (tertiary/aromatic N) is 1. The standard InChI is InChI=1S/C17H23N3O/c1-12-9-16(14-10-13(18)5-6-15(14)19-12)20-17(11-21)7-3-2-4-8-17/h5-6,9-10,21H,2-4,7-8,11,18H2,1H3,(H,19,20). The molecule has 4 nitrogen and oxygen atoms in total.